The van der Waals surface area contributed by atoms with Crippen molar-refractivity contribution in [3.63, 3.8) is 0 Å². The number of halogens is 6. The van der Waals surface area contributed by atoms with E-state index < -0.39 is 35.4 Å². The van der Waals surface area contributed by atoms with E-state index in [0.717, 1.165) is 0 Å². The second-order valence-electron chi connectivity index (χ2n) is 9.22. The molecule has 0 N–H and O–H groups in total. The minimum atomic E-state index is -5.12. The number of nitrogens with zero attached hydrogens (tertiary/aromatic N) is 6. The van der Waals surface area contributed by atoms with E-state index >= 15 is 0 Å². The minimum Gasteiger partial charge on any atom is -0.547 e. The van der Waals surface area contributed by atoms with E-state index in [4.69, 9.17) is 0 Å². The normalized spacial score (nSPS) is 19.9. The molecule has 2 aliphatic heterocycles. The summed E-state index contributed by atoms with van der Waals surface area (Å²) in [5.74, 6) is -4.74. The van der Waals surface area contributed by atoms with E-state index in [1.165, 1.54) is 42.0 Å². The summed E-state index contributed by atoms with van der Waals surface area (Å²) in [4.78, 5) is 28.9. The molecule has 242 valence electrons. The Labute approximate surface area is 271 Å². The van der Waals surface area contributed by atoms with Crippen LogP contribution >= 0.6 is 7.92 Å². The first-order valence-electron chi connectivity index (χ1n) is 12.5. The van der Waals surface area contributed by atoms with Gasteiger partial charge in [0, 0.05) is 12.4 Å². The van der Waals surface area contributed by atoms with Gasteiger partial charge in [0.15, 0.2) is 0 Å². The molecular weight excluding hydrogens is 730 g/mol. The molecule has 3 aromatic rings. The van der Waals surface area contributed by atoms with Crippen LogP contribution in [0, 0.1) is 0 Å². The number of carbonyl (C=O) groups excluding carboxylic acids is 2. The van der Waals surface area contributed by atoms with Gasteiger partial charge in [-0.05, 0) is 55.1 Å². The van der Waals surface area contributed by atoms with Gasteiger partial charge >= 0.3 is 31.8 Å². The van der Waals surface area contributed by atoms with Crippen LogP contribution in [0.1, 0.15) is 11.4 Å². The number of pyridine rings is 2. The molecule has 0 saturated heterocycles. The van der Waals surface area contributed by atoms with Crippen LogP contribution < -0.4 is 15.5 Å². The van der Waals surface area contributed by atoms with Crippen LogP contribution in [0.3, 0.4) is 0 Å². The Morgan fingerprint density at radius 1 is 0.652 bits per heavy atom. The molecule has 0 bridgehead atoms. The molecule has 2 atom stereocenters. The van der Waals surface area contributed by atoms with Gasteiger partial charge in [-0.1, -0.05) is 50.4 Å². The van der Waals surface area contributed by atoms with Crippen molar-refractivity contribution < 1.29 is 65.6 Å². The van der Waals surface area contributed by atoms with E-state index in [1.54, 1.807) is 12.1 Å². The first kappa shape index (κ1) is 38.0. The summed E-state index contributed by atoms with van der Waals surface area (Å²) >= 11 is 0. The Kier molecular flexibility index (Phi) is 12.7. The summed E-state index contributed by atoms with van der Waals surface area (Å²) < 4.78 is 76.3. The fraction of sp³-hybridized carbons (Fsp3) is 0.214. The van der Waals surface area contributed by atoms with Crippen molar-refractivity contribution in [1.29, 1.82) is 0 Å². The maximum absolute atomic E-state index is 12.7. The van der Waals surface area contributed by atoms with E-state index in [0.29, 0.717) is 12.2 Å². The molecule has 18 heteroatoms. The molecule has 0 fully saturated rings. The molecule has 2 unspecified atom stereocenters. The van der Waals surface area contributed by atoms with Crippen molar-refractivity contribution in [3.05, 3.63) is 103 Å². The third kappa shape index (κ3) is 8.52. The van der Waals surface area contributed by atoms with Gasteiger partial charge in [-0.2, -0.15) is 46.8 Å². The van der Waals surface area contributed by atoms with Gasteiger partial charge in [0.2, 0.25) is 11.1 Å². The topological polar surface area (TPSA) is 155 Å². The maximum Gasteiger partial charge on any atom is 2.00 e. The van der Waals surface area contributed by atoms with Gasteiger partial charge in [0.25, 0.3) is 0 Å². The third-order valence-electron chi connectivity index (χ3n) is 5.94. The van der Waals surface area contributed by atoms with Crippen molar-refractivity contribution in [1.82, 2.24) is 9.97 Å². The number of aromatic nitrogens is 2. The SMILES string of the molecule is CP(C)c1ccccc1.O=C([O-])C1(C(F)(F)F)C=C(c2ccccn2)N=N1.O=C([O-])C1(C(F)(F)F)C=C(c2ccccn2)N=N1.[Ru+2]. The zero-order valence-electron chi connectivity index (χ0n) is 23.5. The Morgan fingerprint density at radius 3 is 1.26 bits per heavy atom. The monoisotopic (exact) mass is 752 g/mol. The number of azo groups is 2. The van der Waals surface area contributed by atoms with Crippen molar-refractivity contribution in [2.45, 2.75) is 23.4 Å². The molecule has 0 amide bonds. The summed E-state index contributed by atoms with van der Waals surface area (Å²) in [6.45, 7) is 4.54. The van der Waals surface area contributed by atoms with Crippen LogP contribution in [0.4, 0.5) is 26.3 Å². The summed E-state index contributed by atoms with van der Waals surface area (Å²) in [5.41, 5.74) is -7.16. The van der Waals surface area contributed by atoms with Crippen LogP contribution in [0.2, 0.25) is 0 Å². The van der Waals surface area contributed by atoms with Crippen molar-refractivity contribution in [2.24, 2.45) is 20.5 Å². The summed E-state index contributed by atoms with van der Waals surface area (Å²) in [5, 5.41) is 34.9. The van der Waals surface area contributed by atoms with E-state index in [2.05, 4.69) is 74.1 Å². The number of hydrogen-bond acceptors (Lipinski definition) is 10. The smallest absolute Gasteiger partial charge is 0.547 e. The van der Waals surface area contributed by atoms with Crippen molar-refractivity contribution >= 4 is 36.6 Å². The van der Waals surface area contributed by atoms with Crippen molar-refractivity contribution in [2.75, 3.05) is 13.3 Å². The summed E-state index contributed by atoms with van der Waals surface area (Å²) in [7, 11) is 0.104. The number of alkyl halides is 6. The average molecular weight is 752 g/mol. The van der Waals surface area contributed by atoms with Crippen LogP contribution in [0.15, 0.2) is 112 Å². The molecule has 1 aromatic carbocycles. The third-order valence-corrected chi connectivity index (χ3v) is 7.27. The van der Waals surface area contributed by atoms with Crippen molar-refractivity contribution in [3.8, 4) is 0 Å². The number of aliphatic carboxylic acids is 2. The maximum atomic E-state index is 12.7. The number of benzene rings is 1. The second kappa shape index (κ2) is 15.4. The van der Waals surface area contributed by atoms with Gasteiger partial charge in [-0.25, -0.2) is 0 Å². The summed E-state index contributed by atoms with van der Waals surface area (Å²) in [6.07, 6.45) is -6.76. The van der Waals surface area contributed by atoms with Gasteiger partial charge in [-0.15, -0.1) is 0 Å². The van der Waals surface area contributed by atoms with Crippen LogP contribution in [-0.4, -0.2) is 58.7 Å². The Hall–Kier alpha value is -4.23. The number of carboxylic acids is 2. The zero-order valence-corrected chi connectivity index (χ0v) is 26.2. The Bertz CT molecular complexity index is 1520. The molecule has 4 heterocycles. The molecule has 0 spiro atoms. The Balaban J connectivity index is 0.000000251. The van der Waals surface area contributed by atoms with Gasteiger partial charge < -0.3 is 19.8 Å². The average Bonchev–Trinajstić information content (AvgIpc) is 3.67. The number of carboxylic acid groups (broad SMARTS) is 2. The van der Waals surface area contributed by atoms with Gasteiger partial charge in [0.05, 0.1) is 23.3 Å². The number of rotatable bonds is 5. The molecule has 2 aromatic heterocycles. The van der Waals surface area contributed by atoms with Crippen LogP contribution in [0.5, 0.6) is 0 Å². The predicted octanol–water partition coefficient (Wildman–Crippen LogP) is 3.93. The fourth-order valence-corrected chi connectivity index (χ4v) is 4.26. The Morgan fingerprint density at radius 2 is 1.02 bits per heavy atom. The molecule has 46 heavy (non-hydrogen) atoms. The van der Waals surface area contributed by atoms with Gasteiger partial charge in [-0.3, -0.25) is 9.97 Å². The van der Waals surface area contributed by atoms with E-state index in [9.17, 15) is 46.1 Å². The van der Waals surface area contributed by atoms with Crippen LogP contribution in [-0.2, 0) is 29.1 Å². The summed E-state index contributed by atoms with van der Waals surface area (Å²) in [6, 6.07) is 19.6. The van der Waals surface area contributed by atoms with Gasteiger partial charge in [0.1, 0.15) is 11.4 Å². The molecule has 5 rings (SSSR count). The largest absolute Gasteiger partial charge is 2.00 e. The van der Waals surface area contributed by atoms with E-state index in [-0.39, 0.29) is 50.2 Å². The standard InChI is InChI=1S/2C10H6F3N3O2.C8H11P.Ru/c2*11-10(12,13)9(8(17)18)5-7(15-16-9)6-3-1-2-4-14-6;1-9(2)8-6-4-3-5-7-8;/h2*1-5H,(H,17,18);3-7H,1-2H3;/q;;;+2/p-2. The minimum absolute atomic E-state index is 0. The predicted molar refractivity (Wildman–Crippen MR) is 147 cm³/mol. The molecule has 10 nitrogen and oxygen atoms in total. The quantitative estimate of drug-likeness (QED) is 0.219. The molecular formula is C28H21F6N6O4PRu. The number of carbonyl (C=O) groups is 2. The second-order valence-corrected chi connectivity index (χ2v) is 11.5. The molecule has 0 saturated carbocycles. The first-order chi connectivity index (χ1) is 21.0. The zero-order chi connectivity index (χ0) is 33.5. The number of hydrogen-bond donors (Lipinski definition) is 0. The fourth-order valence-electron chi connectivity index (χ4n) is 3.49. The molecule has 0 aliphatic carbocycles. The van der Waals surface area contributed by atoms with E-state index in [1.807, 2.05) is 0 Å². The first-order valence-corrected chi connectivity index (χ1v) is 14.7. The molecule has 2 aliphatic rings. The molecule has 0 radical (unpaired) electrons. The van der Waals surface area contributed by atoms with Crippen LogP contribution in [0.25, 0.3) is 11.4 Å².